The summed E-state index contributed by atoms with van der Waals surface area (Å²) in [6.45, 7) is 2.66. The summed E-state index contributed by atoms with van der Waals surface area (Å²) >= 11 is 6.06. The molecule has 0 aliphatic heterocycles. The number of furan rings is 1. The van der Waals surface area contributed by atoms with Crippen molar-refractivity contribution in [3.05, 3.63) is 47.1 Å². The van der Waals surface area contributed by atoms with Crippen LogP contribution in [-0.2, 0) is 24.8 Å². The number of hydrogen-bond acceptors (Lipinski definition) is 3. The molecule has 2 rings (SSSR count). The minimum Gasteiger partial charge on any atom is -0.469 e. The van der Waals surface area contributed by atoms with E-state index in [0.717, 1.165) is 35.4 Å². The predicted octanol–water partition coefficient (Wildman–Crippen LogP) is 3.16. The normalized spacial score (nSPS) is 11.3. The van der Waals surface area contributed by atoms with E-state index in [4.69, 9.17) is 20.8 Å². The molecule has 0 fully saturated rings. The van der Waals surface area contributed by atoms with Gasteiger partial charge in [-0.25, -0.2) is 0 Å². The van der Waals surface area contributed by atoms with Gasteiger partial charge in [-0.2, -0.15) is 0 Å². The zero-order valence-corrected chi connectivity index (χ0v) is 18.0. The number of hydrogen-bond donors (Lipinski definition) is 1. The molecule has 0 saturated heterocycles. The van der Waals surface area contributed by atoms with Crippen LogP contribution in [0.2, 0.25) is 5.02 Å². The fourth-order valence-corrected chi connectivity index (χ4v) is 2.62. The number of aryl methyl sites for hydroxylation is 1. The summed E-state index contributed by atoms with van der Waals surface area (Å²) in [4.78, 5) is 6.67. The third-order valence-corrected chi connectivity index (χ3v) is 3.83. The summed E-state index contributed by atoms with van der Waals surface area (Å²) in [6.07, 6.45) is 4.39. The summed E-state index contributed by atoms with van der Waals surface area (Å²) in [5, 5.41) is 4.12. The fourth-order valence-electron chi connectivity index (χ4n) is 2.35. The molecule has 6 nitrogen and oxygen atoms in total. The lowest BCUT2D eigenvalue weighted by Gasteiger charge is -2.22. The Bertz CT molecular complexity index is 643. The van der Waals surface area contributed by atoms with E-state index in [2.05, 4.69) is 15.2 Å². The maximum Gasteiger partial charge on any atom is 0.194 e. The SMILES string of the molecule is COCCN=C(NCCc1ccco1)N(C)Cc1cc(Cl)cn1C.I. The maximum absolute atomic E-state index is 6.06. The van der Waals surface area contributed by atoms with Crippen LogP contribution in [0.1, 0.15) is 11.5 Å². The summed E-state index contributed by atoms with van der Waals surface area (Å²) in [6, 6.07) is 5.83. The topological polar surface area (TPSA) is 54.9 Å². The first-order valence-electron chi connectivity index (χ1n) is 7.91. The van der Waals surface area contributed by atoms with Gasteiger partial charge in [-0.05, 0) is 18.2 Å². The molecule has 25 heavy (non-hydrogen) atoms. The van der Waals surface area contributed by atoms with Crippen molar-refractivity contribution in [2.75, 3.05) is 33.9 Å². The molecule has 0 amide bonds. The van der Waals surface area contributed by atoms with Crippen molar-refractivity contribution in [3.8, 4) is 0 Å². The van der Waals surface area contributed by atoms with Gasteiger partial charge < -0.3 is 23.9 Å². The predicted molar refractivity (Wildman–Crippen MR) is 112 cm³/mol. The number of nitrogens with one attached hydrogen (secondary N) is 1. The number of methoxy groups -OCH3 is 1. The van der Waals surface area contributed by atoms with E-state index in [1.165, 1.54) is 0 Å². The van der Waals surface area contributed by atoms with Crippen LogP contribution >= 0.6 is 35.6 Å². The quantitative estimate of drug-likeness (QED) is 0.273. The number of nitrogens with zero attached hydrogens (tertiary/aromatic N) is 3. The van der Waals surface area contributed by atoms with Gasteiger partial charge >= 0.3 is 0 Å². The highest BCUT2D eigenvalue weighted by Crippen LogP contribution is 2.14. The largest absolute Gasteiger partial charge is 0.469 e. The average Bonchev–Trinajstić information content (AvgIpc) is 3.16. The van der Waals surface area contributed by atoms with Gasteiger partial charge in [0.05, 0.1) is 31.0 Å². The van der Waals surface area contributed by atoms with Gasteiger partial charge in [0.15, 0.2) is 5.96 Å². The van der Waals surface area contributed by atoms with Crippen LogP contribution in [0.3, 0.4) is 0 Å². The maximum atomic E-state index is 6.06. The molecule has 2 aromatic heterocycles. The van der Waals surface area contributed by atoms with Crippen LogP contribution in [-0.4, -0.2) is 49.3 Å². The molecule has 0 aromatic carbocycles. The molecule has 0 spiro atoms. The van der Waals surface area contributed by atoms with Gasteiger partial charge in [0.2, 0.25) is 0 Å². The van der Waals surface area contributed by atoms with E-state index in [9.17, 15) is 0 Å². The third kappa shape index (κ3) is 7.29. The van der Waals surface area contributed by atoms with Crippen molar-refractivity contribution < 1.29 is 9.15 Å². The molecule has 2 heterocycles. The second kappa shape index (κ2) is 11.4. The lowest BCUT2D eigenvalue weighted by atomic mass is 10.3. The smallest absolute Gasteiger partial charge is 0.194 e. The van der Waals surface area contributed by atoms with Gasteiger partial charge in [-0.15, -0.1) is 24.0 Å². The molecule has 2 aromatic rings. The van der Waals surface area contributed by atoms with E-state index in [1.807, 2.05) is 43.1 Å². The van der Waals surface area contributed by atoms with Crippen molar-refractivity contribution in [1.29, 1.82) is 0 Å². The minimum absolute atomic E-state index is 0. The molecule has 140 valence electrons. The monoisotopic (exact) mass is 480 g/mol. The molecular weight excluding hydrogens is 455 g/mol. The van der Waals surface area contributed by atoms with Crippen LogP contribution < -0.4 is 5.32 Å². The van der Waals surface area contributed by atoms with Crippen LogP contribution in [0.25, 0.3) is 0 Å². The van der Waals surface area contributed by atoms with Gasteiger partial charge in [0, 0.05) is 46.1 Å². The van der Waals surface area contributed by atoms with Gasteiger partial charge in [0.25, 0.3) is 0 Å². The number of guanidine groups is 1. The standard InChI is InChI=1S/C17H25ClN4O2.HI/c1-21-12-14(18)11-15(21)13-22(2)17(20-8-10-23-3)19-7-6-16-5-4-9-24-16;/h4-5,9,11-12H,6-8,10,13H2,1-3H3,(H,19,20);1H. The first kappa shape index (κ1) is 21.9. The summed E-state index contributed by atoms with van der Waals surface area (Å²) < 4.78 is 12.5. The Labute approximate surface area is 171 Å². The van der Waals surface area contributed by atoms with E-state index in [1.54, 1.807) is 13.4 Å². The van der Waals surface area contributed by atoms with Crippen LogP contribution in [0.15, 0.2) is 40.1 Å². The number of aromatic nitrogens is 1. The lowest BCUT2D eigenvalue weighted by Crippen LogP contribution is -2.40. The van der Waals surface area contributed by atoms with Crippen molar-refractivity contribution in [2.24, 2.45) is 12.0 Å². The molecule has 1 N–H and O–H groups in total. The Morgan fingerprint density at radius 1 is 1.48 bits per heavy atom. The van der Waals surface area contributed by atoms with Crippen molar-refractivity contribution in [3.63, 3.8) is 0 Å². The number of halogens is 2. The van der Waals surface area contributed by atoms with Crippen LogP contribution in [0, 0.1) is 0 Å². The highest BCUT2D eigenvalue weighted by Gasteiger charge is 2.10. The van der Waals surface area contributed by atoms with E-state index < -0.39 is 0 Å². The van der Waals surface area contributed by atoms with E-state index in [-0.39, 0.29) is 24.0 Å². The van der Waals surface area contributed by atoms with E-state index in [0.29, 0.717) is 19.7 Å². The molecule has 0 aliphatic rings. The number of rotatable bonds is 8. The second-order valence-electron chi connectivity index (χ2n) is 5.57. The summed E-state index contributed by atoms with van der Waals surface area (Å²) in [7, 11) is 5.67. The molecule has 0 unspecified atom stereocenters. The Kier molecular flexibility index (Phi) is 9.99. The van der Waals surface area contributed by atoms with Crippen LogP contribution in [0.4, 0.5) is 0 Å². The van der Waals surface area contributed by atoms with E-state index >= 15 is 0 Å². The number of aliphatic imine (C=N–C) groups is 1. The first-order chi connectivity index (χ1) is 11.6. The zero-order valence-electron chi connectivity index (χ0n) is 14.9. The Morgan fingerprint density at radius 3 is 2.88 bits per heavy atom. The van der Waals surface area contributed by atoms with Crippen LogP contribution in [0.5, 0.6) is 0 Å². The highest BCUT2D eigenvalue weighted by molar-refractivity contribution is 14.0. The molecular formula is C17H26ClIN4O2. The number of ether oxygens (including phenoxy) is 1. The molecule has 0 atom stereocenters. The third-order valence-electron chi connectivity index (χ3n) is 3.63. The van der Waals surface area contributed by atoms with Crippen molar-refractivity contribution >= 4 is 41.5 Å². The molecule has 8 heteroatoms. The van der Waals surface area contributed by atoms with Crippen molar-refractivity contribution in [1.82, 2.24) is 14.8 Å². The second-order valence-corrected chi connectivity index (χ2v) is 6.01. The minimum atomic E-state index is 0. The Hall–Kier alpha value is -1.19. The lowest BCUT2D eigenvalue weighted by molar-refractivity contribution is 0.207. The Morgan fingerprint density at radius 2 is 2.28 bits per heavy atom. The molecule has 0 saturated carbocycles. The fraction of sp³-hybridized carbons (Fsp3) is 0.471. The summed E-state index contributed by atoms with van der Waals surface area (Å²) in [5.74, 6) is 1.78. The summed E-state index contributed by atoms with van der Waals surface area (Å²) in [5.41, 5.74) is 1.12. The molecule has 0 aliphatic carbocycles. The van der Waals surface area contributed by atoms with Gasteiger partial charge in [-0.3, -0.25) is 4.99 Å². The zero-order chi connectivity index (χ0) is 17.4. The Balaban J connectivity index is 0.00000312. The van der Waals surface area contributed by atoms with Crippen molar-refractivity contribution in [2.45, 2.75) is 13.0 Å². The first-order valence-corrected chi connectivity index (χ1v) is 8.29. The molecule has 0 bridgehead atoms. The van der Waals surface area contributed by atoms with Gasteiger partial charge in [-0.1, -0.05) is 11.6 Å². The average molecular weight is 481 g/mol. The molecule has 0 radical (unpaired) electrons. The van der Waals surface area contributed by atoms with Gasteiger partial charge in [0.1, 0.15) is 5.76 Å². The highest BCUT2D eigenvalue weighted by atomic mass is 127.